The second kappa shape index (κ2) is 10.5. The van der Waals surface area contributed by atoms with Crippen molar-refractivity contribution in [1.82, 2.24) is 4.90 Å². The Hall–Kier alpha value is -2.82. The summed E-state index contributed by atoms with van der Waals surface area (Å²) in [6, 6.07) is 28.0. The van der Waals surface area contributed by atoms with Crippen molar-refractivity contribution in [3.8, 4) is 11.5 Å². The molecule has 0 saturated carbocycles. The normalized spacial score (nSPS) is 12.0. The molecule has 1 unspecified atom stereocenters. The van der Waals surface area contributed by atoms with Gasteiger partial charge in [-0.05, 0) is 35.4 Å². The van der Waals surface area contributed by atoms with E-state index in [1.807, 2.05) is 60.7 Å². The third-order valence-corrected chi connectivity index (χ3v) is 4.47. The Bertz CT molecular complexity index is 765. The van der Waals surface area contributed by atoms with Crippen molar-refractivity contribution in [2.24, 2.45) is 0 Å². The zero-order chi connectivity index (χ0) is 19.6. The summed E-state index contributed by atoms with van der Waals surface area (Å²) >= 11 is 0. The highest BCUT2D eigenvalue weighted by Crippen LogP contribution is 2.17. The van der Waals surface area contributed by atoms with Gasteiger partial charge < -0.3 is 14.6 Å². The number of rotatable bonds is 10. The first-order valence-electron chi connectivity index (χ1n) is 9.48. The first kappa shape index (κ1) is 19.9. The maximum atomic E-state index is 10.5. The number of methoxy groups -OCH3 is 1. The first-order valence-corrected chi connectivity index (χ1v) is 9.48. The molecule has 28 heavy (non-hydrogen) atoms. The summed E-state index contributed by atoms with van der Waals surface area (Å²) in [5, 5.41) is 10.5. The summed E-state index contributed by atoms with van der Waals surface area (Å²) in [6.07, 6.45) is -0.588. The molecule has 0 fully saturated rings. The van der Waals surface area contributed by atoms with Crippen LogP contribution in [0.4, 0.5) is 0 Å². The fourth-order valence-electron chi connectivity index (χ4n) is 3.08. The van der Waals surface area contributed by atoms with Gasteiger partial charge in [-0.2, -0.15) is 0 Å². The molecule has 0 aliphatic carbocycles. The van der Waals surface area contributed by atoms with E-state index in [0.717, 1.165) is 24.6 Å². The molecule has 4 nitrogen and oxygen atoms in total. The Morgan fingerprint density at radius 2 is 1.25 bits per heavy atom. The summed E-state index contributed by atoms with van der Waals surface area (Å²) in [4.78, 5) is 2.24. The predicted octanol–water partition coefficient (Wildman–Crippen LogP) is 4.14. The minimum Gasteiger partial charge on any atom is -0.497 e. The zero-order valence-electron chi connectivity index (χ0n) is 16.2. The second-order valence-corrected chi connectivity index (χ2v) is 6.78. The number of hydrogen-bond acceptors (Lipinski definition) is 4. The molecule has 0 aromatic heterocycles. The third-order valence-electron chi connectivity index (χ3n) is 4.47. The number of benzene rings is 3. The molecule has 0 radical (unpaired) electrons. The van der Waals surface area contributed by atoms with Crippen LogP contribution in [0.15, 0.2) is 84.9 Å². The Morgan fingerprint density at radius 1 is 0.750 bits per heavy atom. The average molecular weight is 377 g/mol. The fraction of sp³-hybridized carbons (Fsp3) is 0.250. The largest absolute Gasteiger partial charge is 0.497 e. The molecular formula is C24H27NO3. The molecular weight excluding hydrogens is 350 g/mol. The van der Waals surface area contributed by atoms with Gasteiger partial charge >= 0.3 is 0 Å². The van der Waals surface area contributed by atoms with Gasteiger partial charge in [0.15, 0.2) is 0 Å². The van der Waals surface area contributed by atoms with Crippen LogP contribution in [-0.4, -0.2) is 36.4 Å². The van der Waals surface area contributed by atoms with Gasteiger partial charge in [0.05, 0.1) is 7.11 Å². The summed E-state index contributed by atoms with van der Waals surface area (Å²) in [5.74, 6) is 1.50. The van der Waals surface area contributed by atoms with E-state index in [-0.39, 0.29) is 6.61 Å². The summed E-state index contributed by atoms with van der Waals surface area (Å²) < 4.78 is 10.9. The fourth-order valence-corrected chi connectivity index (χ4v) is 3.08. The Morgan fingerprint density at radius 3 is 1.75 bits per heavy atom. The van der Waals surface area contributed by atoms with E-state index in [1.54, 1.807) is 7.11 Å². The van der Waals surface area contributed by atoms with Crippen LogP contribution in [0.25, 0.3) is 0 Å². The molecule has 3 rings (SSSR count). The van der Waals surface area contributed by atoms with Crippen LogP contribution in [0, 0.1) is 0 Å². The molecule has 0 aliphatic heterocycles. The van der Waals surface area contributed by atoms with E-state index in [0.29, 0.717) is 6.54 Å². The smallest absolute Gasteiger partial charge is 0.119 e. The highest BCUT2D eigenvalue weighted by Gasteiger charge is 2.14. The molecule has 0 heterocycles. The molecule has 3 aromatic carbocycles. The van der Waals surface area contributed by atoms with Gasteiger partial charge in [0.2, 0.25) is 0 Å². The van der Waals surface area contributed by atoms with Crippen LogP contribution in [0.5, 0.6) is 11.5 Å². The van der Waals surface area contributed by atoms with E-state index >= 15 is 0 Å². The van der Waals surface area contributed by atoms with Gasteiger partial charge in [0.1, 0.15) is 24.2 Å². The van der Waals surface area contributed by atoms with Gasteiger partial charge in [0, 0.05) is 19.6 Å². The van der Waals surface area contributed by atoms with E-state index < -0.39 is 6.10 Å². The number of aliphatic hydroxyl groups excluding tert-OH is 1. The molecule has 3 aromatic rings. The van der Waals surface area contributed by atoms with Gasteiger partial charge in [-0.25, -0.2) is 0 Å². The van der Waals surface area contributed by atoms with Crippen molar-refractivity contribution >= 4 is 0 Å². The highest BCUT2D eigenvalue weighted by atomic mass is 16.5. The maximum Gasteiger partial charge on any atom is 0.119 e. The van der Waals surface area contributed by atoms with Crippen molar-refractivity contribution in [3.05, 3.63) is 96.1 Å². The number of ether oxygens (including phenoxy) is 2. The standard InChI is InChI=1S/C24H27NO3/c1-27-23-12-14-24(15-13-23)28-19-22(26)18-25(16-20-8-4-2-5-9-20)17-21-10-6-3-7-11-21/h2-15,22,26H,16-19H2,1H3. The molecule has 0 aliphatic rings. The van der Waals surface area contributed by atoms with Gasteiger partial charge in [-0.3, -0.25) is 4.90 Å². The van der Waals surface area contributed by atoms with Crippen molar-refractivity contribution < 1.29 is 14.6 Å². The van der Waals surface area contributed by atoms with Crippen molar-refractivity contribution in [2.45, 2.75) is 19.2 Å². The lowest BCUT2D eigenvalue weighted by Crippen LogP contribution is -2.35. The number of nitrogens with zero attached hydrogens (tertiary/aromatic N) is 1. The van der Waals surface area contributed by atoms with E-state index in [9.17, 15) is 5.11 Å². The van der Waals surface area contributed by atoms with E-state index in [1.165, 1.54) is 11.1 Å². The van der Waals surface area contributed by atoms with Gasteiger partial charge in [0.25, 0.3) is 0 Å². The van der Waals surface area contributed by atoms with Crippen LogP contribution < -0.4 is 9.47 Å². The van der Waals surface area contributed by atoms with Crippen LogP contribution in [0.1, 0.15) is 11.1 Å². The van der Waals surface area contributed by atoms with Crippen molar-refractivity contribution in [2.75, 3.05) is 20.3 Å². The quantitative estimate of drug-likeness (QED) is 0.577. The van der Waals surface area contributed by atoms with Crippen molar-refractivity contribution in [3.63, 3.8) is 0 Å². The van der Waals surface area contributed by atoms with E-state index in [4.69, 9.17) is 9.47 Å². The summed E-state index contributed by atoms with van der Waals surface area (Å²) in [6.45, 7) is 2.32. The molecule has 0 spiro atoms. The molecule has 146 valence electrons. The average Bonchev–Trinajstić information content (AvgIpc) is 2.74. The monoisotopic (exact) mass is 377 g/mol. The minimum atomic E-state index is -0.588. The molecule has 4 heteroatoms. The van der Waals surface area contributed by atoms with Crippen LogP contribution >= 0.6 is 0 Å². The van der Waals surface area contributed by atoms with E-state index in [2.05, 4.69) is 29.2 Å². The minimum absolute atomic E-state index is 0.242. The highest BCUT2D eigenvalue weighted by molar-refractivity contribution is 5.31. The third kappa shape index (κ3) is 6.41. The number of hydrogen-bond donors (Lipinski definition) is 1. The zero-order valence-corrected chi connectivity index (χ0v) is 16.2. The first-order chi connectivity index (χ1) is 13.7. The van der Waals surface area contributed by atoms with Crippen LogP contribution in [-0.2, 0) is 13.1 Å². The lowest BCUT2D eigenvalue weighted by molar-refractivity contribution is 0.0628. The number of aliphatic hydroxyl groups is 1. The summed E-state index contributed by atoms with van der Waals surface area (Å²) in [5.41, 5.74) is 2.45. The Labute approximate surface area is 167 Å². The second-order valence-electron chi connectivity index (χ2n) is 6.78. The maximum absolute atomic E-state index is 10.5. The molecule has 0 amide bonds. The molecule has 0 saturated heterocycles. The lowest BCUT2D eigenvalue weighted by Gasteiger charge is -2.25. The van der Waals surface area contributed by atoms with Crippen LogP contribution in [0.3, 0.4) is 0 Å². The van der Waals surface area contributed by atoms with Crippen LogP contribution in [0.2, 0.25) is 0 Å². The SMILES string of the molecule is COc1ccc(OCC(O)CN(Cc2ccccc2)Cc2ccccc2)cc1. The molecule has 1 N–H and O–H groups in total. The molecule has 1 atom stereocenters. The lowest BCUT2D eigenvalue weighted by atomic mass is 10.1. The Balaban J connectivity index is 1.58. The van der Waals surface area contributed by atoms with Gasteiger partial charge in [-0.15, -0.1) is 0 Å². The van der Waals surface area contributed by atoms with Crippen molar-refractivity contribution in [1.29, 1.82) is 0 Å². The predicted molar refractivity (Wildman–Crippen MR) is 111 cm³/mol. The van der Waals surface area contributed by atoms with Gasteiger partial charge in [-0.1, -0.05) is 60.7 Å². The Kier molecular flexibility index (Phi) is 7.47. The topological polar surface area (TPSA) is 41.9 Å². The molecule has 0 bridgehead atoms. The summed E-state index contributed by atoms with van der Waals surface area (Å²) in [7, 11) is 1.63.